The van der Waals surface area contributed by atoms with Gasteiger partial charge in [-0.05, 0) is 31.4 Å². The lowest BCUT2D eigenvalue weighted by Gasteiger charge is -2.13. The number of thiophene rings is 1. The number of nitrogens with one attached hydrogen (secondary N) is 1. The average Bonchev–Trinajstić information content (AvgIpc) is 3.33. The smallest absolute Gasteiger partial charge is 0.339 e. The number of ether oxygens (including phenoxy) is 1. The molecule has 2 aromatic heterocycles. The fourth-order valence-electron chi connectivity index (χ4n) is 2.33. The molecule has 0 spiro atoms. The van der Waals surface area contributed by atoms with E-state index < -0.39 is 18.0 Å². The summed E-state index contributed by atoms with van der Waals surface area (Å²) in [4.78, 5) is 37.8. The van der Waals surface area contributed by atoms with E-state index in [2.05, 4.69) is 10.5 Å². The number of carbonyl (C=O) groups is 3. The molecule has 3 aromatic rings. The molecule has 7 nitrogen and oxygen atoms in total. The second-order valence-corrected chi connectivity index (χ2v) is 6.66. The van der Waals surface area contributed by atoms with E-state index in [4.69, 9.17) is 9.26 Å². The molecule has 0 radical (unpaired) electrons. The van der Waals surface area contributed by atoms with Crippen molar-refractivity contribution in [2.75, 3.05) is 5.32 Å². The number of benzene rings is 1. The molecule has 0 aliphatic rings. The number of amides is 1. The van der Waals surface area contributed by atoms with Gasteiger partial charge in [-0.15, -0.1) is 11.3 Å². The van der Waals surface area contributed by atoms with Crippen molar-refractivity contribution in [1.29, 1.82) is 0 Å². The Hall–Kier alpha value is -3.26. The molecule has 0 saturated heterocycles. The zero-order chi connectivity index (χ0) is 19.4. The Morgan fingerprint density at radius 3 is 2.52 bits per heavy atom. The van der Waals surface area contributed by atoms with Gasteiger partial charge in [-0.1, -0.05) is 29.4 Å². The van der Waals surface area contributed by atoms with Gasteiger partial charge in [-0.3, -0.25) is 9.59 Å². The van der Waals surface area contributed by atoms with E-state index >= 15 is 0 Å². The predicted molar refractivity (Wildman–Crippen MR) is 98.9 cm³/mol. The molecule has 1 amide bonds. The maximum Gasteiger partial charge on any atom is 0.339 e. The molecule has 3 rings (SSSR count). The number of esters is 1. The van der Waals surface area contributed by atoms with Crippen molar-refractivity contribution in [2.24, 2.45) is 0 Å². The summed E-state index contributed by atoms with van der Waals surface area (Å²) < 4.78 is 10.1. The number of hydrogen-bond donors (Lipinski definition) is 1. The van der Waals surface area contributed by atoms with Crippen LogP contribution in [0.25, 0.3) is 0 Å². The molecule has 0 aliphatic heterocycles. The van der Waals surface area contributed by atoms with Gasteiger partial charge in [-0.2, -0.15) is 0 Å². The topological polar surface area (TPSA) is 98.5 Å². The van der Waals surface area contributed by atoms with Gasteiger partial charge >= 0.3 is 5.97 Å². The lowest BCUT2D eigenvalue weighted by Crippen LogP contribution is -2.30. The first-order valence-electron chi connectivity index (χ1n) is 8.08. The Morgan fingerprint density at radius 2 is 1.89 bits per heavy atom. The normalized spacial score (nSPS) is 11.6. The third kappa shape index (κ3) is 4.29. The fourth-order valence-corrected chi connectivity index (χ4v) is 3.01. The largest absolute Gasteiger partial charge is 0.449 e. The van der Waals surface area contributed by atoms with Crippen LogP contribution in [-0.2, 0) is 9.53 Å². The summed E-state index contributed by atoms with van der Waals surface area (Å²) in [7, 11) is 0. The van der Waals surface area contributed by atoms with Crippen molar-refractivity contribution >= 4 is 34.8 Å². The molecule has 0 saturated carbocycles. The van der Waals surface area contributed by atoms with Crippen molar-refractivity contribution < 1.29 is 23.6 Å². The minimum atomic E-state index is -1.08. The van der Waals surface area contributed by atoms with Crippen LogP contribution in [0.4, 0.5) is 5.82 Å². The van der Waals surface area contributed by atoms with Crippen molar-refractivity contribution in [3.8, 4) is 0 Å². The first-order valence-corrected chi connectivity index (χ1v) is 8.96. The number of aryl methyl sites for hydroxylation is 1. The zero-order valence-corrected chi connectivity index (χ0v) is 15.4. The maximum absolute atomic E-state index is 12.6. The van der Waals surface area contributed by atoms with Gasteiger partial charge in [0.15, 0.2) is 11.9 Å². The number of aromatic nitrogens is 1. The molecule has 0 unspecified atom stereocenters. The highest BCUT2D eigenvalue weighted by molar-refractivity contribution is 7.12. The SMILES string of the molecule is Cc1cc(NC(=O)[C@H](C)OC(=O)c2ccccc2C(=O)c2cccs2)no1. The van der Waals surface area contributed by atoms with Crippen molar-refractivity contribution in [3.63, 3.8) is 0 Å². The highest BCUT2D eigenvalue weighted by Gasteiger charge is 2.24. The molecule has 27 heavy (non-hydrogen) atoms. The summed E-state index contributed by atoms with van der Waals surface area (Å²) in [6, 6.07) is 11.3. The van der Waals surface area contributed by atoms with Crippen LogP contribution in [0.1, 0.15) is 38.3 Å². The van der Waals surface area contributed by atoms with Crippen LogP contribution in [0.5, 0.6) is 0 Å². The van der Waals surface area contributed by atoms with E-state index in [9.17, 15) is 14.4 Å². The molecule has 2 heterocycles. The number of hydrogen-bond acceptors (Lipinski definition) is 7. The first-order chi connectivity index (χ1) is 13.0. The summed E-state index contributed by atoms with van der Waals surface area (Å²) in [5.74, 6) is -0.814. The Morgan fingerprint density at radius 1 is 1.15 bits per heavy atom. The number of anilines is 1. The minimum Gasteiger partial charge on any atom is -0.449 e. The number of rotatable bonds is 6. The van der Waals surface area contributed by atoms with Gasteiger partial charge < -0.3 is 14.6 Å². The summed E-state index contributed by atoms with van der Waals surface area (Å²) in [6.07, 6.45) is -1.08. The van der Waals surface area contributed by atoms with E-state index in [-0.39, 0.29) is 22.7 Å². The molecule has 138 valence electrons. The van der Waals surface area contributed by atoms with Crippen LogP contribution in [-0.4, -0.2) is 28.9 Å². The van der Waals surface area contributed by atoms with Crippen LogP contribution in [0, 0.1) is 6.92 Å². The van der Waals surface area contributed by atoms with E-state index in [0.29, 0.717) is 10.6 Å². The van der Waals surface area contributed by atoms with E-state index in [1.54, 1.807) is 48.7 Å². The second-order valence-electron chi connectivity index (χ2n) is 5.71. The van der Waals surface area contributed by atoms with Gasteiger partial charge in [0.25, 0.3) is 5.91 Å². The van der Waals surface area contributed by atoms with E-state index in [0.717, 1.165) is 0 Å². The molecule has 0 fully saturated rings. The van der Waals surface area contributed by atoms with Gasteiger partial charge in [0.2, 0.25) is 5.78 Å². The fraction of sp³-hybridized carbons (Fsp3) is 0.158. The zero-order valence-electron chi connectivity index (χ0n) is 14.6. The lowest BCUT2D eigenvalue weighted by atomic mass is 10.0. The molecule has 0 bridgehead atoms. The predicted octanol–water partition coefficient (Wildman–Crippen LogP) is 3.46. The Labute approximate surface area is 158 Å². The molecule has 8 heteroatoms. The molecular weight excluding hydrogens is 368 g/mol. The van der Waals surface area contributed by atoms with Crippen molar-refractivity contribution in [1.82, 2.24) is 5.16 Å². The van der Waals surface area contributed by atoms with Crippen LogP contribution in [0.15, 0.2) is 52.4 Å². The molecular formula is C19H16N2O5S. The molecule has 1 atom stereocenters. The first kappa shape index (κ1) is 18.5. The lowest BCUT2D eigenvalue weighted by molar-refractivity contribution is -0.123. The summed E-state index contributed by atoms with van der Waals surface area (Å²) >= 11 is 1.29. The van der Waals surface area contributed by atoms with Gasteiger partial charge in [0.1, 0.15) is 5.76 Å². The maximum atomic E-state index is 12.6. The van der Waals surface area contributed by atoms with Crippen molar-refractivity contribution in [3.05, 3.63) is 69.6 Å². The standard InChI is InChI=1S/C19H16N2O5S/c1-11-10-16(21-26-11)20-18(23)12(2)25-19(24)14-7-4-3-6-13(14)17(22)15-8-5-9-27-15/h3-10,12H,1-2H3,(H,20,21,23)/t12-/m0/s1. The van der Waals surface area contributed by atoms with Gasteiger partial charge in [0.05, 0.1) is 10.4 Å². The van der Waals surface area contributed by atoms with E-state index in [1.807, 2.05) is 0 Å². The monoisotopic (exact) mass is 384 g/mol. The third-order valence-electron chi connectivity index (χ3n) is 3.67. The summed E-state index contributed by atoms with van der Waals surface area (Å²) in [5, 5.41) is 7.93. The Bertz CT molecular complexity index is 978. The third-order valence-corrected chi connectivity index (χ3v) is 4.54. The summed E-state index contributed by atoms with van der Waals surface area (Å²) in [5.41, 5.74) is 0.331. The molecule has 0 aliphatic carbocycles. The summed E-state index contributed by atoms with van der Waals surface area (Å²) in [6.45, 7) is 3.12. The Balaban J connectivity index is 1.72. The van der Waals surface area contributed by atoms with Crippen molar-refractivity contribution in [2.45, 2.75) is 20.0 Å². The van der Waals surface area contributed by atoms with Crippen LogP contribution in [0.2, 0.25) is 0 Å². The highest BCUT2D eigenvalue weighted by atomic mass is 32.1. The second kappa shape index (κ2) is 7.96. The number of carbonyl (C=O) groups excluding carboxylic acids is 3. The quantitative estimate of drug-likeness (QED) is 0.516. The highest BCUT2D eigenvalue weighted by Crippen LogP contribution is 2.19. The van der Waals surface area contributed by atoms with Crippen LogP contribution < -0.4 is 5.32 Å². The van der Waals surface area contributed by atoms with Crippen LogP contribution >= 0.6 is 11.3 Å². The Kier molecular flexibility index (Phi) is 5.46. The molecule has 1 aromatic carbocycles. The number of nitrogens with zero attached hydrogens (tertiary/aromatic N) is 1. The minimum absolute atomic E-state index is 0.104. The molecule has 1 N–H and O–H groups in total. The average molecular weight is 384 g/mol. The number of ketones is 1. The van der Waals surface area contributed by atoms with E-state index in [1.165, 1.54) is 24.3 Å². The van der Waals surface area contributed by atoms with Gasteiger partial charge in [-0.25, -0.2) is 4.79 Å². The van der Waals surface area contributed by atoms with Gasteiger partial charge in [0, 0.05) is 11.6 Å². The van der Waals surface area contributed by atoms with Crippen LogP contribution in [0.3, 0.4) is 0 Å².